The highest BCUT2D eigenvalue weighted by molar-refractivity contribution is 5.66. The largest absolute Gasteiger partial charge is 0.360 e. The molecular formula is C6H8N4. The number of H-pyrrole nitrogens is 1. The van der Waals surface area contributed by atoms with Crippen LogP contribution in [0.5, 0.6) is 0 Å². The number of fused-ring (bicyclic) bond motifs is 1. The van der Waals surface area contributed by atoms with E-state index in [0.29, 0.717) is 0 Å². The van der Waals surface area contributed by atoms with Gasteiger partial charge < -0.3 is 16.0 Å². The predicted octanol–water partition coefficient (Wildman–Crippen LogP) is 0.235. The molecule has 4 N–H and O–H groups in total. The van der Waals surface area contributed by atoms with Crippen LogP contribution in [0.3, 0.4) is 0 Å². The fourth-order valence-corrected chi connectivity index (χ4v) is 1.01. The Kier molecular flexibility index (Phi) is 1.01. The Balaban J connectivity index is 2.52. The van der Waals surface area contributed by atoms with Gasteiger partial charge in [0, 0.05) is 6.20 Å². The first-order valence-corrected chi connectivity index (χ1v) is 3.09. The van der Waals surface area contributed by atoms with E-state index in [1.807, 2.05) is 12.3 Å². The summed E-state index contributed by atoms with van der Waals surface area (Å²) in [5, 5.41) is 2.88. The molecular weight excluding hydrogens is 128 g/mol. The molecule has 1 atom stereocenters. The lowest BCUT2D eigenvalue weighted by atomic mass is 10.3. The van der Waals surface area contributed by atoms with Gasteiger partial charge >= 0.3 is 0 Å². The van der Waals surface area contributed by atoms with E-state index in [9.17, 15) is 0 Å². The summed E-state index contributed by atoms with van der Waals surface area (Å²) < 4.78 is 0. The van der Waals surface area contributed by atoms with Crippen molar-refractivity contribution in [1.29, 1.82) is 0 Å². The van der Waals surface area contributed by atoms with Crippen LogP contribution in [0.25, 0.3) is 0 Å². The Bertz CT molecular complexity index is 262. The summed E-state index contributed by atoms with van der Waals surface area (Å²) in [5.74, 6) is 0. The normalized spacial score (nSPS) is 21.9. The van der Waals surface area contributed by atoms with Crippen LogP contribution in [0.15, 0.2) is 17.3 Å². The van der Waals surface area contributed by atoms with Gasteiger partial charge in [0.25, 0.3) is 0 Å². The molecule has 2 rings (SSSR count). The third-order valence-corrected chi connectivity index (χ3v) is 1.52. The zero-order chi connectivity index (χ0) is 6.97. The molecule has 0 fully saturated rings. The van der Waals surface area contributed by atoms with Gasteiger partial charge in [-0.3, -0.25) is 0 Å². The van der Waals surface area contributed by atoms with Crippen LogP contribution >= 0.6 is 0 Å². The van der Waals surface area contributed by atoms with Gasteiger partial charge in [0.2, 0.25) is 0 Å². The van der Waals surface area contributed by atoms with Gasteiger partial charge in [0.05, 0.1) is 17.7 Å². The molecule has 4 nitrogen and oxygen atoms in total. The number of rotatable bonds is 0. The zero-order valence-electron chi connectivity index (χ0n) is 5.33. The summed E-state index contributed by atoms with van der Waals surface area (Å²) in [6.45, 7) is 0. The minimum atomic E-state index is -0.137. The number of nitrogens with two attached hydrogens (primary N) is 1. The highest BCUT2D eigenvalue weighted by Gasteiger charge is 2.12. The Morgan fingerprint density at radius 1 is 1.60 bits per heavy atom. The number of aromatic nitrogens is 1. The minimum absolute atomic E-state index is 0.137. The Hall–Kier alpha value is -1.29. The molecule has 10 heavy (non-hydrogen) atoms. The van der Waals surface area contributed by atoms with E-state index in [2.05, 4.69) is 15.3 Å². The first-order valence-electron chi connectivity index (χ1n) is 3.09. The summed E-state index contributed by atoms with van der Waals surface area (Å²) in [5.41, 5.74) is 7.53. The summed E-state index contributed by atoms with van der Waals surface area (Å²) in [6, 6.07) is 1.90. The molecule has 0 saturated heterocycles. The molecule has 0 bridgehead atoms. The van der Waals surface area contributed by atoms with Gasteiger partial charge in [-0.25, -0.2) is 4.99 Å². The van der Waals surface area contributed by atoms with Crippen LogP contribution in [-0.4, -0.2) is 11.3 Å². The SMILES string of the molecule is NC1NC=Nc2cc[nH]c21. The van der Waals surface area contributed by atoms with Crippen molar-refractivity contribution in [3.05, 3.63) is 18.0 Å². The number of hydrogen-bond donors (Lipinski definition) is 3. The molecule has 1 aliphatic heterocycles. The molecule has 1 aromatic heterocycles. The Labute approximate surface area is 58.1 Å². The second kappa shape index (κ2) is 1.85. The van der Waals surface area contributed by atoms with Crippen molar-refractivity contribution in [2.24, 2.45) is 10.7 Å². The van der Waals surface area contributed by atoms with Crippen LogP contribution in [0.1, 0.15) is 11.9 Å². The van der Waals surface area contributed by atoms with E-state index in [1.165, 1.54) is 0 Å². The third kappa shape index (κ3) is 0.625. The van der Waals surface area contributed by atoms with Crippen molar-refractivity contribution in [1.82, 2.24) is 10.3 Å². The Morgan fingerprint density at radius 2 is 2.50 bits per heavy atom. The average Bonchev–Trinajstić information content (AvgIpc) is 2.36. The van der Waals surface area contributed by atoms with Gasteiger partial charge in [-0.2, -0.15) is 0 Å². The molecule has 0 spiro atoms. The fraction of sp³-hybridized carbons (Fsp3) is 0.167. The second-order valence-electron chi connectivity index (χ2n) is 2.18. The molecule has 1 unspecified atom stereocenters. The van der Waals surface area contributed by atoms with Crippen LogP contribution in [-0.2, 0) is 0 Å². The maximum Gasteiger partial charge on any atom is 0.119 e. The summed E-state index contributed by atoms with van der Waals surface area (Å²) in [7, 11) is 0. The highest BCUT2D eigenvalue weighted by Crippen LogP contribution is 2.22. The van der Waals surface area contributed by atoms with E-state index < -0.39 is 0 Å². The lowest BCUT2D eigenvalue weighted by Crippen LogP contribution is -2.29. The number of nitrogens with zero attached hydrogens (tertiary/aromatic N) is 1. The van der Waals surface area contributed by atoms with Crippen molar-refractivity contribution >= 4 is 12.0 Å². The number of nitrogens with one attached hydrogen (secondary N) is 2. The molecule has 0 amide bonds. The molecule has 1 aliphatic rings. The average molecular weight is 136 g/mol. The van der Waals surface area contributed by atoms with Crippen LogP contribution in [0.4, 0.5) is 5.69 Å². The number of hydrogen-bond acceptors (Lipinski definition) is 3. The topological polar surface area (TPSA) is 66.2 Å². The molecule has 1 aromatic rings. The lowest BCUT2D eigenvalue weighted by molar-refractivity contribution is 0.663. The van der Waals surface area contributed by atoms with E-state index in [0.717, 1.165) is 11.4 Å². The van der Waals surface area contributed by atoms with Crippen LogP contribution < -0.4 is 11.1 Å². The van der Waals surface area contributed by atoms with Crippen LogP contribution in [0.2, 0.25) is 0 Å². The van der Waals surface area contributed by atoms with Gasteiger partial charge in [0.15, 0.2) is 0 Å². The fourth-order valence-electron chi connectivity index (χ4n) is 1.01. The van der Waals surface area contributed by atoms with Crippen molar-refractivity contribution in [3.63, 3.8) is 0 Å². The monoisotopic (exact) mass is 136 g/mol. The Morgan fingerprint density at radius 3 is 3.30 bits per heavy atom. The second-order valence-corrected chi connectivity index (χ2v) is 2.18. The number of aliphatic imine (C=N–C) groups is 1. The molecule has 2 heterocycles. The van der Waals surface area contributed by atoms with Gasteiger partial charge in [-0.05, 0) is 6.07 Å². The standard InChI is InChI=1S/C6H8N4/c7-6-5-4(1-2-8-5)9-3-10-6/h1-3,6,8H,7H2,(H,9,10). The third-order valence-electron chi connectivity index (χ3n) is 1.52. The van der Waals surface area contributed by atoms with Crippen molar-refractivity contribution in [2.45, 2.75) is 6.17 Å². The van der Waals surface area contributed by atoms with Gasteiger partial charge in [-0.15, -0.1) is 0 Å². The van der Waals surface area contributed by atoms with E-state index in [-0.39, 0.29) is 6.17 Å². The van der Waals surface area contributed by atoms with Crippen molar-refractivity contribution < 1.29 is 0 Å². The minimum Gasteiger partial charge on any atom is -0.360 e. The summed E-state index contributed by atoms with van der Waals surface area (Å²) in [6.07, 6.45) is 3.30. The lowest BCUT2D eigenvalue weighted by Gasteiger charge is -2.14. The zero-order valence-corrected chi connectivity index (χ0v) is 5.33. The first kappa shape index (κ1) is 5.49. The molecule has 0 saturated carbocycles. The van der Waals surface area contributed by atoms with Crippen molar-refractivity contribution in [3.8, 4) is 0 Å². The maximum absolute atomic E-state index is 5.66. The van der Waals surface area contributed by atoms with E-state index in [4.69, 9.17) is 5.73 Å². The maximum atomic E-state index is 5.66. The van der Waals surface area contributed by atoms with Gasteiger partial charge in [0.1, 0.15) is 6.17 Å². The van der Waals surface area contributed by atoms with E-state index >= 15 is 0 Å². The highest BCUT2D eigenvalue weighted by atomic mass is 15.1. The quantitative estimate of drug-likeness (QED) is 0.478. The molecule has 0 radical (unpaired) electrons. The summed E-state index contributed by atoms with van der Waals surface area (Å²) in [4.78, 5) is 7.06. The molecule has 4 heteroatoms. The molecule has 0 aromatic carbocycles. The van der Waals surface area contributed by atoms with Crippen LogP contribution in [0, 0.1) is 0 Å². The van der Waals surface area contributed by atoms with Gasteiger partial charge in [-0.1, -0.05) is 0 Å². The van der Waals surface area contributed by atoms with E-state index in [1.54, 1.807) is 6.34 Å². The summed E-state index contributed by atoms with van der Waals surface area (Å²) >= 11 is 0. The van der Waals surface area contributed by atoms with Crippen molar-refractivity contribution in [2.75, 3.05) is 0 Å². The molecule has 52 valence electrons. The first-order chi connectivity index (χ1) is 4.88. The number of aromatic amines is 1. The molecule has 0 aliphatic carbocycles. The smallest absolute Gasteiger partial charge is 0.119 e. The predicted molar refractivity (Wildman–Crippen MR) is 39.0 cm³/mol.